The zero-order valence-corrected chi connectivity index (χ0v) is 12.8. The first-order chi connectivity index (χ1) is 9.13. The molecular formula is C14H18BrN3O. The molecule has 0 fully saturated rings. The molecule has 1 rings (SSSR count). The van der Waals surface area contributed by atoms with Crippen LogP contribution < -0.4 is 5.32 Å². The Morgan fingerprint density at radius 3 is 2.68 bits per heavy atom. The summed E-state index contributed by atoms with van der Waals surface area (Å²) in [4.78, 5) is 13.6. The molecule has 1 aromatic carbocycles. The van der Waals surface area contributed by atoms with Crippen molar-refractivity contribution in [3.8, 4) is 6.07 Å². The van der Waals surface area contributed by atoms with E-state index in [1.54, 1.807) is 4.90 Å². The standard InChI is InChI=1S/C14H18BrN3O/c1-3-18(4-2)14(19)8-9-17-13-7-5-6-12(15)11(13)10-16/h5-7,17H,3-4,8-9H2,1-2H3. The molecule has 1 N–H and O–H groups in total. The normalized spacial score (nSPS) is 9.79. The first-order valence-corrected chi connectivity index (χ1v) is 7.13. The molecule has 0 unspecified atom stereocenters. The van der Waals surface area contributed by atoms with Gasteiger partial charge in [-0.3, -0.25) is 4.79 Å². The summed E-state index contributed by atoms with van der Waals surface area (Å²) in [6.45, 7) is 5.93. The molecule has 4 nitrogen and oxygen atoms in total. The van der Waals surface area contributed by atoms with Gasteiger partial charge in [-0.2, -0.15) is 5.26 Å². The van der Waals surface area contributed by atoms with E-state index in [-0.39, 0.29) is 5.91 Å². The number of carbonyl (C=O) groups is 1. The van der Waals surface area contributed by atoms with E-state index in [2.05, 4.69) is 27.3 Å². The Kier molecular flexibility index (Phi) is 6.37. The lowest BCUT2D eigenvalue weighted by molar-refractivity contribution is -0.130. The Labute approximate surface area is 122 Å². The minimum atomic E-state index is 0.131. The van der Waals surface area contributed by atoms with Crippen LogP contribution >= 0.6 is 15.9 Å². The topological polar surface area (TPSA) is 56.1 Å². The summed E-state index contributed by atoms with van der Waals surface area (Å²) < 4.78 is 0.759. The molecule has 1 amide bonds. The summed E-state index contributed by atoms with van der Waals surface area (Å²) in [6, 6.07) is 7.67. The van der Waals surface area contributed by atoms with Crippen LogP contribution in [0.1, 0.15) is 25.8 Å². The fourth-order valence-electron chi connectivity index (χ4n) is 1.82. The third kappa shape index (κ3) is 4.25. The highest BCUT2D eigenvalue weighted by Crippen LogP contribution is 2.23. The number of carbonyl (C=O) groups excluding carboxylic acids is 1. The molecule has 102 valence electrons. The van der Waals surface area contributed by atoms with Gasteiger partial charge in [0.25, 0.3) is 0 Å². The largest absolute Gasteiger partial charge is 0.383 e. The van der Waals surface area contributed by atoms with Gasteiger partial charge in [-0.1, -0.05) is 6.07 Å². The van der Waals surface area contributed by atoms with Gasteiger partial charge < -0.3 is 10.2 Å². The quantitative estimate of drug-likeness (QED) is 0.875. The van der Waals surface area contributed by atoms with E-state index in [1.807, 2.05) is 32.0 Å². The van der Waals surface area contributed by atoms with E-state index in [9.17, 15) is 4.79 Å². The molecule has 1 aromatic rings. The fourth-order valence-corrected chi connectivity index (χ4v) is 2.28. The number of nitrogens with one attached hydrogen (secondary N) is 1. The zero-order chi connectivity index (χ0) is 14.3. The summed E-state index contributed by atoms with van der Waals surface area (Å²) in [5.74, 6) is 0.131. The Morgan fingerprint density at radius 2 is 2.11 bits per heavy atom. The third-order valence-electron chi connectivity index (χ3n) is 2.90. The summed E-state index contributed by atoms with van der Waals surface area (Å²) >= 11 is 3.34. The van der Waals surface area contributed by atoms with Crippen LogP contribution in [0.15, 0.2) is 22.7 Å². The zero-order valence-electron chi connectivity index (χ0n) is 11.2. The second-order valence-corrected chi connectivity index (χ2v) is 4.87. The van der Waals surface area contributed by atoms with Crippen LogP contribution in [0.5, 0.6) is 0 Å². The lowest BCUT2D eigenvalue weighted by atomic mass is 10.2. The van der Waals surface area contributed by atoms with Crippen LogP contribution in [0.3, 0.4) is 0 Å². The molecule has 0 bridgehead atoms. The van der Waals surface area contributed by atoms with Crippen molar-refractivity contribution in [2.75, 3.05) is 25.0 Å². The van der Waals surface area contributed by atoms with Crippen LogP contribution in [-0.2, 0) is 4.79 Å². The molecule has 0 aliphatic heterocycles. The highest BCUT2D eigenvalue weighted by atomic mass is 79.9. The molecule has 0 spiro atoms. The van der Waals surface area contributed by atoms with Crippen LogP contribution in [0, 0.1) is 11.3 Å². The SMILES string of the molecule is CCN(CC)C(=O)CCNc1cccc(Br)c1C#N. The first kappa shape index (κ1) is 15.5. The van der Waals surface area contributed by atoms with Crippen molar-refractivity contribution < 1.29 is 4.79 Å². The van der Waals surface area contributed by atoms with Crippen molar-refractivity contribution in [3.05, 3.63) is 28.2 Å². The maximum atomic E-state index is 11.8. The molecular weight excluding hydrogens is 306 g/mol. The van der Waals surface area contributed by atoms with Gasteiger partial charge >= 0.3 is 0 Å². The lowest BCUT2D eigenvalue weighted by Gasteiger charge is -2.18. The number of hydrogen-bond donors (Lipinski definition) is 1. The predicted molar refractivity (Wildman–Crippen MR) is 79.9 cm³/mol. The van der Waals surface area contributed by atoms with Gasteiger partial charge in [0.2, 0.25) is 5.91 Å². The van der Waals surface area contributed by atoms with Gasteiger partial charge in [0.05, 0.1) is 11.3 Å². The average Bonchev–Trinajstić information content (AvgIpc) is 2.40. The second kappa shape index (κ2) is 7.80. The van der Waals surface area contributed by atoms with E-state index in [0.717, 1.165) is 23.2 Å². The van der Waals surface area contributed by atoms with Crippen LogP contribution in [-0.4, -0.2) is 30.4 Å². The van der Waals surface area contributed by atoms with E-state index in [0.29, 0.717) is 18.5 Å². The molecule has 0 saturated carbocycles. The summed E-state index contributed by atoms with van der Waals surface area (Å²) in [5.41, 5.74) is 1.32. The number of anilines is 1. The molecule has 0 radical (unpaired) electrons. The number of hydrogen-bond acceptors (Lipinski definition) is 3. The first-order valence-electron chi connectivity index (χ1n) is 6.34. The number of nitriles is 1. The van der Waals surface area contributed by atoms with Crippen LogP contribution in [0.4, 0.5) is 5.69 Å². The fraction of sp³-hybridized carbons (Fsp3) is 0.429. The van der Waals surface area contributed by atoms with Gasteiger partial charge in [-0.05, 0) is 41.9 Å². The van der Waals surface area contributed by atoms with E-state index in [1.165, 1.54) is 0 Å². The lowest BCUT2D eigenvalue weighted by Crippen LogP contribution is -2.31. The molecule has 0 aliphatic carbocycles. The van der Waals surface area contributed by atoms with Crippen molar-refractivity contribution in [3.63, 3.8) is 0 Å². The predicted octanol–water partition coefficient (Wildman–Crippen LogP) is 2.99. The summed E-state index contributed by atoms with van der Waals surface area (Å²) in [7, 11) is 0. The molecule has 0 saturated heterocycles. The molecule has 19 heavy (non-hydrogen) atoms. The maximum Gasteiger partial charge on any atom is 0.224 e. The third-order valence-corrected chi connectivity index (χ3v) is 3.56. The van der Waals surface area contributed by atoms with Gasteiger partial charge in [-0.15, -0.1) is 0 Å². The molecule has 0 aliphatic rings. The van der Waals surface area contributed by atoms with Crippen LogP contribution in [0.2, 0.25) is 0 Å². The number of benzene rings is 1. The van der Waals surface area contributed by atoms with Crippen molar-refractivity contribution in [2.24, 2.45) is 0 Å². The van der Waals surface area contributed by atoms with Crippen LogP contribution in [0.25, 0.3) is 0 Å². The highest BCUT2D eigenvalue weighted by molar-refractivity contribution is 9.10. The highest BCUT2D eigenvalue weighted by Gasteiger charge is 2.10. The Morgan fingerprint density at radius 1 is 1.42 bits per heavy atom. The van der Waals surface area contributed by atoms with Gasteiger partial charge in [0.15, 0.2) is 0 Å². The van der Waals surface area contributed by atoms with Crippen molar-refractivity contribution >= 4 is 27.5 Å². The van der Waals surface area contributed by atoms with Gasteiger partial charge in [-0.25, -0.2) is 0 Å². The van der Waals surface area contributed by atoms with Gasteiger partial charge in [0.1, 0.15) is 6.07 Å². The maximum absolute atomic E-state index is 11.8. The molecule has 0 heterocycles. The smallest absolute Gasteiger partial charge is 0.224 e. The Balaban J connectivity index is 2.57. The van der Waals surface area contributed by atoms with Crippen molar-refractivity contribution in [1.82, 2.24) is 4.90 Å². The number of nitrogens with zero attached hydrogens (tertiary/aromatic N) is 2. The minimum Gasteiger partial charge on any atom is -0.383 e. The Hall–Kier alpha value is -1.54. The van der Waals surface area contributed by atoms with Gasteiger partial charge in [0, 0.05) is 30.5 Å². The average molecular weight is 324 g/mol. The molecule has 0 aromatic heterocycles. The monoisotopic (exact) mass is 323 g/mol. The number of rotatable bonds is 6. The Bertz CT molecular complexity index is 478. The van der Waals surface area contributed by atoms with E-state index >= 15 is 0 Å². The van der Waals surface area contributed by atoms with Crippen molar-refractivity contribution in [2.45, 2.75) is 20.3 Å². The summed E-state index contributed by atoms with van der Waals surface area (Å²) in [6.07, 6.45) is 0.430. The van der Waals surface area contributed by atoms with Crippen molar-refractivity contribution in [1.29, 1.82) is 5.26 Å². The van der Waals surface area contributed by atoms with E-state index in [4.69, 9.17) is 5.26 Å². The minimum absolute atomic E-state index is 0.131. The number of amides is 1. The molecule has 0 atom stereocenters. The summed E-state index contributed by atoms with van der Waals surface area (Å²) in [5, 5.41) is 12.2. The second-order valence-electron chi connectivity index (χ2n) is 4.02. The molecule has 5 heteroatoms. The van der Waals surface area contributed by atoms with E-state index < -0.39 is 0 Å². The number of halogens is 1.